The Hall–Kier alpha value is -0.410. The zero-order valence-corrected chi connectivity index (χ0v) is 10.7. The van der Waals surface area contributed by atoms with Gasteiger partial charge in [0.25, 0.3) is 0 Å². The quantitative estimate of drug-likeness (QED) is 0.775. The molecule has 0 fully saturated rings. The van der Waals surface area contributed by atoms with Crippen molar-refractivity contribution in [3.8, 4) is 0 Å². The van der Waals surface area contributed by atoms with E-state index in [0.29, 0.717) is 6.04 Å². The highest BCUT2D eigenvalue weighted by Crippen LogP contribution is 2.08. The lowest BCUT2D eigenvalue weighted by molar-refractivity contribution is 0.429. The van der Waals surface area contributed by atoms with Crippen molar-refractivity contribution in [3.63, 3.8) is 0 Å². The molecular weight excluding hydrogens is 206 g/mol. The maximum atomic E-state index is 5.62. The predicted molar refractivity (Wildman–Crippen MR) is 67.4 cm³/mol. The minimum absolute atomic E-state index is 0.563. The molecule has 0 amide bonds. The van der Waals surface area contributed by atoms with Crippen LogP contribution in [0.25, 0.3) is 0 Å². The van der Waals surface area contributed by atoms with Crippen LogP contribution in [-0.2, 0) is 13.0 Å². The average molecular weight is 227 g/mol. The normalized spacial score (nSPS) is 13.0. The highest BCUT2D eigenvalue weighted by Gasteiger charge is 2.03. The van der Waals surface area contributed by atoms with E-state index in [4.69, 9.17) is 4.42 Å². The minimum atomic E-state index is 0.563. The average Bonchev–Trinajstić information content (AvgIpc) is 2.71. The highest BCUT2D eigenvalue weighted by atomic mass is 32.2. The van der Waals surface area contributed by atoms with Crippen molar-refractivity contribution >= 4 is 11.8 Å². The SMILES string of the molecule is CCc1ccc(CNC(C)CCSC)o1. The van der Waals surface area contributed by atoms with Gasteiger partial charge in [0, 0.05) is 12.5 Å². The van der Waals surface area contributed by atoms with Gasteiger partial charge in [0.15, 0.2) is 0 Å². The summed E-state index contributed by atoms with van der Waals surface area (Å²) in [5.41, 5.74) is 0. The smallest absolute Gasteiger partial charge is 0.117 e. The topological polar surface area (TPSA) is 25.2 Å². The first-order valence-corrected chi connectivity index (χ1v) is 6.95. The summed E-state index contributed by atoms with van der Waals surface area (Å²) in [4.78, 5) is 0. The Balaban J connectivity index is 2.24. The Morgan fingerprint density at radius 1 is 1.40 bits per heavy atom. The molecule has 0 bridgehead atoms. The molecule has 0 aliphatic carbocycles. The molecule has 1 aromatic rings. The highest BCUT2D eigenvalue weighted by molar-refractivity contribution is 7.98. The zero-order valence-electron chi connectivity index (χ0n) is 9.88. The first-order chi connectivity index (χ1) is 7.26. The van der Waals surface area contributed by atoms with Crippen molar-refractivity contribution in [2.24, 2.45) is 0 Å². The van der Waals surface area contributed by atoms with Crippen LogP contribution in [0.3, 0.4) is 0 Å². The molecule has 0 saturated heterocycles. The van der Waals surface area contributed by atoms with E-state index in [1.807, 2.05) is 11.8 Å². The van der Waals surface area contributed by atoms with Crippen molar-refractivity contribution in [1.29, 1.82) is 0 Å². The lowest BCUT2D eigenvalue weighted by Gasteiger charge is -2.11. The third-order valence-corrected chi connectivity index (χ3v) is 3.09. The molecule has 1 aromatic heterocycles. The predicted octanol–water partition coefficient (Wildman–Crippen LogP) is 3.07. The first-order valence-electron chi connectivity index (χ1n) is 5.56. The molecule has 0 aromatic carbocycles. The number of nitrogens with one attached hydrogen (secondary N) is 1. The number of hydrogen-bond acceptors (Lipinski definition) is 3. The molecule has 3 heteroatoms. The summed E-state index contributed by atoms with van der Waals surface area (Å²) in [5, 5.41) is 3.46. The van der Waals surface area contributed by atoms with Gasteiger partial charge in [-0.15, -0.1) is 0 Å². The molecule has 1 unspecified atom stereocenters. The molecular formula is C12H21NOS. The number of aryl methyl sites for hydroxylation is 1. The lowest BCUT2D eigenvalue weighted by atomic mass is 10.2. The molecule has 1 atom stereocenters. The Labute approximate surface area is 96.8 Å². The fourth-order valence-electron chi connectivity index (χ4n) is 1.38. The van der Waals surface area contributed by atoms with Crippen LogP contribution in [0.5, 0.6) is 0 Å². The van der Waals surface area contributed by atoms with Gasteiger partial charge >= 0.3 is 0 Å². The fraction of sp³-hybridized carbons (Fsp3) is 0.667. The zero-order chi connectivity index (χ0) is 11.1. The third-order valence-electron chi connectivity index (χ3n) is 2.45. The Morgan fingerprint density at radius 3 is 2.73 bits per heavy atom. The van der Waals surface area contributed by atoms with Gasteiger partial charge in [0.2, 0.25) is 0 Å². The van der Waals surface area contributed by atoms with Crippen LogP contribution < -0.4 is 5.32 Å². The fourth-order valence-corrected chi connectivity index (χ4v) is 1.97. The van der Waals surface area contributed by atoms with Gasteiger partial charge in [-0.3, -0.25) is 0 Å². The van der Waals surface area contributed by atoms with Gasteiger partial charge in [0.05, 0.1) is 6.54 Å². The van der Waals surface area contributed by atoms with Crippen LogP contribution in [0.4, 0.5) is 0 Å². The van der Waals surface area contributed by atoms with E-state index in [1.165, 1.54) is 12.2 Å². The van der Waals surface area contributed by atoms with Crippen molar-refractivity contribution in [2.45, 2.75) is 39.3 Å². The Bertz CT molecular complexity index is 272. The van der Waals surface area contributed by atoms with E-state index in [2.05, 4.69) is 37.6 Å². The Kier molecular flexibility index (Phi) is 5.88. The van der Waals surface area contributed by atoms with Gasteiger partial charge in [0.1, 0.15) is 11.5 Å². The number of hydrogen-bond donors (Lipinski definition) is 1. The van der Waals surface area contributed by atoms with Crippen molar-refractivity contribution in [2.75, 3.05) is 12.0 Å². The summed E-state index contributed by atoms with van der Waals surface area (Å²) in [6, 6.07) is 4.68. The number of furan rings is 1. The standard InChI is InChI=1S/C12H21NOS/c1-4-11-5-6-12(14-11)9-13-10(2)7-8-15-3/h5-6,10,13H,4,7-9H2,1-3H3. The molecule has 86 valence electrons. The van der Waals surface area contributed by atoms with Crippen molar-refractivity contribution in [3.05, 3.63) is 23.7 Å². The summed E-state index contributed by atoms with van der Waals surface area (Å²) in [7, 11) is 0. The van der Waals surface area contributed by atoms with Crippen LogP contribution in [0.1, 0.15) is 31.8 Å². The number of thioether (sulfide) groups is 1. The molecule has 0 spiro atoms. The molecule has 0 aliphatic heterocycles. The van der Waals surface area contributed by atoms with Gasteiger partial charge in [-0.1, -0.05) is 6.92 Å². The van der Waals surface area contributed by atoms with Crippen molar-refractivity contribution in [1.82, 2.24) is 5.32 Å². The second-order valence-corrected chi connectivity index (χ2v) is 4.77. The van der Waals surface area contributed by atoms with Gasteiger partial charge in [-0.25, -0.2) is 0 Å². The van der Waals surface area contributed by atoms with Crippen LogP contribution in [0.2, 0.25) is 0 Å². The minimum Gasteiger partial charge on any atom is -0.465 e. The Morgan fingerprint density at radius 2 is 2.13 bits per heavy atom. The van der Waals surface area contributed by atoms with E-state index in [-0.39, 0.29) is 0 Å². The van der Waals surface area contributed by atoms with E-state index < -0.39 is 0 Å². The van der Waals surface area contributed by atoms with Crippen LogP contribution >= 0.6 is 11.8 Å². The van der Waals surface area contributed by atoms with Gasteiger partial charge < -0.3 is 9.73 Å². The third kappa shape index (κ3) is 4.76. The summed E-state index contributed by atoms with van der Waals surface area (Å²) < 4.78 is 5.62. The molecule has 2 nitrogen and oxygen atoms in total. The summed E-state index contributed by atoms with van der Waals surface area (Å²) in [5.74, 6) is 3.33. The second-order valence-electron chi connectivity index (χ2n) is 3.78. The maximum absolute atomic E-state index is 5.62. The maximum Gasteiger partial charge on any atom is 0.117 e. The molecule has 1 heterocycles. The lowest BCUT2D eigenvalue weighted by Crippen LogP contribution is -2.25. The number of rotatable bonds is 7. The summed E-state index contributed by atoms with van der Waals surface area (Å²) in [6.07, 6.45) is 4.33. The van der Waals surface area contributed by atoms with Crippen molar-refractivity contribution < 1.29 is 4.42 Å². The first kappa shape index (κ1) is 12.7. The monoisotopic (exact) mass is 227 g/mol. The molecule has 15 heavy (non-hydrogen) atoms. The van der Waals surface area contributed by atoms with Crippen LogP contribution in [0, 0.1) is 0 Å². The second kappa shape index (κ2) is 6.96. The summed E-state index contributed by atoms with van der Waals surface area (Å²) in [6.45, 7) is 5.17. The van der Waals surface area contributed by atoms with Crippen LogP contribution in [-0.4, -0.2) is 18.1 Å². The molecule has 0 radical (unpaired) electrons. The van der Waals surface area contributed by atoms with E-state index in [0.717, 1.165) is 24.5 Å². The van der Waals surface area contributed by atoms with Gasteiger partial charge in [-0.2, -0.15) is 11.8 Å². The molecule has 0 aliphatic rings. The molecule has 1 rings (SSSR count). The largest absolute Gasteiger partial charge is 0.465 e. The van der Waals surface area contributed by atoms with E-state index in [9.17, 15) is 0 Å². The molecule has 1 N–H and O–H groups in total. The van der Waals surface area contributed by atoms with Crippen LogP contribution in [0.15, 0.2) is 16.5 Å². The van der Waals surface area contributed by atoms with E-state index >= 15 is 0 Å². The summed E-state index contributed by atoms with van der Waals surface area (Å²) >= 11 is 1.90. The van der Waals surface area contributed by atoms with E-state index in [1.54, 1.807) is 0 Å². The molecule has 0 saturated carbocycles. The van der Waals surface area contributed by atoms with Gasteiger partial charge in [-0.05, 0) is 37.5 Å².